The van der Waals surface area contributed by atoms with Crippen LogP contribution in [0.3, 0.4) is 0 Å². The van der Waals surface area contributed by atoms with Crippen molar-refractivity contribution in [2.75, 3.05) is 13.2 Å². The van der Waals surface area contributed by atoms with E-state index in [4.69, 9.17) is 4.74 Å². The van der Waals surface area contributed by atoms with Crippen LogP contribution in [0.4, 0.5) is 0 Å². The zero-order chi connectivity index (χ0) is 14.8. The van der Waals surface area contributed by atoms with Crippen LogP contribution in [-0.4, -0.2) is 49.1 Å². The van der Waals surface area contributed by atoms with Crippen molar-refractivity contribution in [2.24, 2.45) is 13.0 Å². The van der Waals surface area contributed by atoms with E-state index in [9.17, 15) is 9.90 Å². The van der Waals surface area contributed by atoms with Crippen molar-refractivity contribution in [1.29, 1.82) is 0 Å². The maximum atomic E-state index is 11.3. The lowest BCUT2D eigenvalue weighted by molar-refractivity contribution is 0.0601. The first-order chi connectivity index (χ1) is 10.1. The average Bonchev–Trinajstić information content (AvgIpc) is 3.06. The van der Waals surface area contributed by atoms with Crippen molar-refractivity contribution in [3.8, 4) is 11.3 Å². The molecule has 0 aliphatic carbocycles. The van der Waals surface area contributed by atoms with Crippen molar-refractivity contribution >= 4 is 5.97 Å². The smallest absolute Gasteiger partial charge is 0.358 e. The van der Waals surface area contributed by atoms with Crippen LogP contribution in [0.25, 0.3) is 11.3 Å². The quantitative estimate of drug-likeness (QED) is 0.895. The second kappa shape index (κ2) is 5.65. The summed E-state index contributed by atoms with van der Waals surface area (Å²) in [5, 5.41) is 21.2. The summed E-state index contributed by atoms with van der Waals surface area (Å²) in [6.45, 7) is 2.13. The lowest BCUT2D eigenvalue weighted by atomic mass is 10.0. The van der Waals surface area contributed by atoms with E-state index in [0.717, 1.165) is 26.1 Å². The Balaban J connectivity index is 1.94. The standard InChI is InChI=1S/C13H17N5O3/c1-17-8-10(6-14-17)12-11(13(19)20)15-16-18(12)7-9-2-4-21-5-3-9/h6,8-9H,2-5,7H2,1H3,(H,19,20). The number of carboxylic acid groups (broad SMARTS) is 1. The highest BCUT2D eigenvalue weighted by molar-refractivity contribution is 5.92. The Morgan fingerprint density at radius 1 is 1.48 bits per heavy atom. The van der Waals surface area contributed by atoms with Gasteiger partial charge in [0.2, 0.25) is 0 Å². The average molecular weight is 291 g/mol. The third-order valence-electron chi connectivity index (χ3n) is 3.69. The largest absolute Gasteiger partial charge is 0.476 e. The molecular formula is C13H17N5O3. The Bertz CT molecular complexity index is 642. The van der Waals surface area contributed by atoms with Crippen LogP contribution in [0.2, 0.25) is 0 Å². The normalized spacial score (nSPS) is 16.2. The Kier molecular flexibility index (Phi) is 3.70. The molecule has 0 bridgehead atoms. The molecule has 2 aromatic heterocycles. The lowest BCUT2D eigenvalue weighted by Gasteiger charge is -2.22. The van der Waals surface area contributed by atoms with Crippen LogP contribution in [0, 0.1) is 5.92 Å². The van der Waals surface area contributed by atoms with E-state index in [0.29, 0.717) is 23.7 Å². The molecule has 0 atom stereocenters. The fraction of sp³-hybridized carbons (Fsp3) is 0.538. The van der Waals surface area contributed by atoms with Crippen LogP contribution in [0.5, 0.6) is 0 Å². The molecule has 0 aromatic carbocycles. The third kappa shape index (κ3) is 2.80. The van der Waals surface area contributed by atoms with Crippen LogP contribution >= 0.6 is 0 Å². The van der Waals surface area contributed by atoms with Gasteiger partial charge in [-0.2, -0.15) is 5.10 Å². The van der Waals surface area contributed by atoms with E-state index in [2.05, 4.69) is 15.4 Å². The number of ether oxygens (including phenoxy) is 1. The first-order valence-corrected chi connectivity index (χ1v) is 6.88. The highest BCUT2D eigenvalue weighted by atomic mass is 16.5. The molecule has 8 nitrogen and oxygen atoms in total. The van der Waals surface area contributed by atoms with Gasteiger partial charge < -0.3 is 9.84 Å². The zero-order valence-corrected chi connectivity index (χ0v) is 11.8. The highest BCUT2D eigenvalue weighted by Gasteiger charge is 2.24. The Morgan fingerprint density at radius 2 is 2.24 bits per heavy atom. The van der Waals surface area contributed by atoms with Crippen LogP contribution < -0.4 is 0 Å². The van der Waals surface area contributed by atoms with E-state index in [1.54, 1.807) is 28.8 Å². The number of rotatable bonds is 4. The summed E-state index contributed by atoms with van der Waals surface area (Å²) in [6.07, 6.45) is 5.31. The van der Waals surface area contributed by atoms with Gasteiger partial charge in [0.15, 0.2) is 5.69 Å². The Labute approximate surface area is 121 Å². The van der Waals surface area contributed by atoms with Crippen molar-refractivity contribution < 1.29 is 14.6 Å². The second-order valence-corrected chi connectivity index (χ2v) is 5.23. The molecule has 8 heteroatoms. The molecule has 0 spiro atoms. The molecule has 112 valence electrons. The summed E-state index contributed by atoms with van der Waals surface area (Å²) >= 11 is 0. The Hall–Kier alpha value is -2.22. The minimum atomic E-state index is -1.08. The molecule has 1 saturated heterocycles. The first-order valence-electron chi connectivity index (χ1n) is 6.88. The molecule has 2 aromatic rings. The molecule has 0 saturated carbocycles. The zero-order valence-electron chi connectivity index (χ0n) is 11.8. The number of aromatic nitrogens is 5. The molecule has 3 heterocycles. The van der Waals surface area contributed by atoms with Crippen molar-refractivity contribution in [1.82, 2.24) is 24.8 Å². The maximum Gasteiger partial charge on any atom is 0.358 e. The summed E-state index contributed by atoms with van der Waals surface area (Å²) in [5.41, 5.74) is 1.20. The van der Waals surface area contributed by atoms with Gasteiger partial charge in [-0.3, -0.25) is 4.68 Å². The number of aromatic carboxylic acids is 1. The van der Waals surface area contributed by atoms with E-state index < -0.39 is 5.97 Å². The minimum absolute atomic E-state index is 0.0324. The van der Waals surface area contributed by atoms with Gasteiger partial charge in [0.05, 0.1) is 6.20 Å². The fourth-order valence-corrected chi connectivity index (χ4v) is 2.59. The van der Waals surface area contributed by atoms with E-state index in [1.165, 1.54) is 0 Å². The van der Waals surface area contributed by atoms with E-state index >= 15 is 0 Å². The summed E-state index contributed by atoms with van der Waals surface area (Å²) in [4.78, 5) is 11.3. The van der Waals surface area contributed by atoms with Gasteiger partial charge in [0.25, 0.3) is 0 Å². The number of carboxylic acids is 1. The third-order valence-corrected chi connectivity index (χ3v) is 3.69. The van der Waals surface area contributed by atoms with Crippen molar-refractivity contribution in [3.05, 3.63) is 18.1 Å². The topological polar surface area (TPSA) is 95.1 Å². The van der Waals surface area contributed by atoms with Crippen LogP contribution in [-0.2, 0) is 18.3 Å². The number of nitrogens with zero attached hydrogens (tertiary/aromatic N) is 5. The van der Waals surface area contributed by atoms with Crippen molar-refractivity contribution in [3.63, 3.8) is 0 Å². The summed E-state index contributed by atoms with van der Waals surface area (Å²) in [7, 11) is 1.79. The molecule has 0 amide bonds. The predicted molar refractivity (Wildman–Crippen MR) is 72.7 cm³/mol. The van der Waals surface area contributed by atoms with Gasteiger partial charge in [-0.1, -0.05) is 5.21 Å². The molecule has 1 aliphatic rings. The monoisotopic (exact) mass is 291 g/mol. The molecule has 0 radical (unpaired) electrons. The molecule has 1 aliphatic heterocycles. The van der Waals surface area contributed by atoms with Gasteiger partial charge >= 0.3 is 5.97 Å². The first kappa shape index (κ1) is 13.7. The summed E-state index contributed by atoms with van der Waals surface area (Å²) < 4.78 is 8.66. The summed E-state index contributed by atoms with van der Waals surface area (Å²) in [5.74, 6) is -0.649. The van der Waals surface area contributed by atoms with Gasteiger partial charge in [0.1, 0.15) is 5.69 Å². The van der Waals surface area contributed by atoms with Crippen LogP contribution in [0.15, 0.2) is 12.4 Å². The van der Waals surface area contributed by atoms with E-state index in [1.807, 2.05) is 0 Å². The van der Waals surface area contributed by atoms with Crippen LogP contribution in [0.1, 0.15) is 23.3 Å². The van der Waals surface area contributed by atoms with Gasteiger partial charge in [-0.15, -0.1) is 5.10 Å². The van der Waals surface area contributed by atoms with Gasteiger partial charge in [-0.05, 0) is 18.8 Å². The molecule has 3 rings (SSSR count). The predicted octanol–water partition coefficient (Wildman–Crippen LogP) is 0.803. The number of aryl methyl sites for hydroxylation is 1. The minimum Gasteiger partial charge on any atom is -0.476 e. The molecule has 1 fully saturated rings. The second-order valence-electron chi connectivity index (χ2n) is 5.23. The molecule has 1 N–H and O–H groups in total. The van der Waals surface area contributed by atoms with E-state index in [-0.39, 0.29) is 5.69 Å². The lowest BCUT2D eigenvalue weighted by Crippen LogP contribution is -2.21. The summed E-state index contributed by atoms with van der Waals surface area (Å²) in [6, 6.07) is 0. The fourth-order valence-electron chi connectivity index (χ4n) is 2.59. The van der Waals surface area contributed by atoms with Crippen molar-refractivity contribution in [2.45, 2.75) is 19.4 Å². The molecule has 0 unspecified atom stereocenters. The molecule has 21 heavy (non-hydrogen) atoms. The van der Waals surface area contributed by atoms with Gasteiger partial charge in [-0.25, -0.2) is 9.48 Å². The molecular weight excluding hydrogens is 274 g/mol. The highest BCUT2D eigenvalue weighted by Crippen LogP contribution is 2.25. The maximum absolute atomic E-state index is 11.3. The number of hydrogen-bond donors (Lipinski definition) is 1. The Morgan fingerprint density at radius 3 is 2.86 bits per heavy atom. The number of carbonyl (C=O) groups is 1. The van der Waals surface area contributed by atoms with Gasteiger partial charge in [0, 0.05) is 38.6 Å². The SMILES string of the molecule is Cn1cc(-c2c(C(=O)O)nnn2CC2CCOCC2)cn1. The number of hydrogen-bond acceptors (Lipinski definition) is 5.